The van der Waals surface area contributed by atoms with Crippen LogP contribution in [0.25, 0.3) is 0 Å². The molecule has 1 atom stereocenters. The Kier molecular flexibility index (Phi) is 4.74. The molecule has 2 aliphatic heterocycles. The van der Waals surface area contributed by atoms with Gasteiger partial charge in [-0.1, -0.05) is 13.8 Å². The van der Waals surface area contributed by atoms with E-state index >= 15 is 0 Å². The molecular weight excluding hydrogens is 344 g/mol. The highest BCUT2D eigenvalue weighted by Crippen LogP contribution is 2.43. The van der Waals surface area contributed by atoms with Gasteiger partial charge in [0.15, 0.2) is 11.5 Å². The summed E-state index contributed by atoms with van der Waals surface area (Å²) in [5.41, 5.74) is 0.705. The number of likely N-dealkylation sites (tertiary alicyclic amines) is 1. The molecule has 27 heavy (non-hydrogen) atoms. The standard InChI is InChI=1S/C21H28N2O4/c1-3-21(4-2)26-17-10-9-16(12-18(17)27-21)22-19(24)15-6-5-11-23(13-15)20(25)14-7-8-14/h9-10,12,14-15H,3-8,11,13H2,1-2H3,(H,22,24). The van der Waals surface area contributed by atoms with Crippen LogP contribution in [0.2, 0.25) is 0 Å². The van der Waals surface area contributed by atoms with Gasteiger partial charge in [-0.15, -0.1) is 0 Å². The van der Waals surface area contributed by atoms with Gasteiger partial charge in [0.1, 0.15) is 0 Å². The van der Waals surface area contributed by atoms with Crippen LogP contribution in [0.3, 0.4) is 0 Å². The van der Waals surface area contributed by atoms with Crippen molar-refractivity contribution in [3.05, 3.63) is 18.2 Å². The van der Waals surface area contributed by atoms with Crippen LogP contribution in [0.15, 0.2) is 18.2 Å². The fourth-order valence-corrected chi connectivity index (χ4v) is 3.93. The minimum absolute atomic E-state index is 0.0283. The summed E-state index contributed by atoms with van der Waals surface area (Å²) in [6, 6.07) is 5.52. The molecule has 3 aliphatic rings. The fraction of sp³-hybridized carbons (Fsp3) is 0.619. The minimum atomic E-state index is -0.599. The number of carbonyl (C=O) groups excluding carboxylic acids is 2. The van der Waals surface area contributed by atoms with Crippen LogP contribution in [0.5, 0.6) is 11.5 Å². The lowest BCUT2D eigenvalue weighted by molar-refractivity contribution is -0.135. The average Bonchev–Trinajstić information content (AvgIpc) is 3.48. The maximum absolute atomic E-state index is 12.7. The highest BCUT2D eigenvalue weighted by Gasteiger charge is 2.39. The molecule has 1 saturated carbocycles. The van der Waals surface area contributed by atoms with Gasteiger partial charge in [-0.05, 0) is 37.8 Å². The highest BCUT2D eigenvalue weighted by molar-refractivity contribution is 5.93. The van der Waals surface area contributed by atoms with Crippen LogP contribution >= 0.6 is 0 Å². The maximum atomic E-state index is 12.7. The summed E-state index contributed by atoms with van der Waals surface area (Å²) in [6.07, 6.45) is 5.22. The average molecular weight is 372 g/mol. The molecule has 1 saturated heterocycles. The van der Waals surface area contributed by atoms with Crippen LogP contribution in [0, 0.1) is 11.8 Å². The normalized spacial score (nSPS) is 23.2. The third-order valence-corrected chi connectivity index (χ3v) is 5.91. The lowest BCUT2D eigenvalue weighted by atomic mass is 9.96. The molecule has 1 aliphatic carbocycles. The van der Waals surface area contributed by atoms with E-state index in [4.69, 9.17) is 9.47 Å². The summed E-state index contributed by atoms with van der Waals surface area (Å²) < 4.78 is 12.0. The van der Waals surface area contributed by atoms with Gasteiger partial charge in [0.25, 0.3) is 5.79 Å². The largest absolute Gasteiger partial charge is 0.448 e. The Morgan fingerprint density at radius 3 is 2.56 bits per heavy atom. The molecule has 6 nitrogen and oxygen atoms in total. The van der Waals surface area contributed by atoms with E-state index in [2.05, 4.69) is 5.32 Å². The van der Waals surface area contributed by atoms with Gasteiger partial charge < -0.3 is 19.7 Å². The van der Waals surface area contributed by atoms with Crippen LogP contribution in [-0.2, 0) is 9.59 Å². The number of carbonyl (C=O) groups is 2. The second-order valence-corrected chi connectivity index (χ2v) is 7.87. The Morgan fingerprint density at radius 1 is 1.11 bits per heavy atom. The minimum Gasteiger partial charge on any atom is -0.448 e. The van der Waals surface area contributed by atoms with Crippen molar-refractivity contribution in [3.63, 3.8) is 0 Å². The lowest BCUT2D eigenvalue weighted by Crippen LogP contribution is -2.44. The van der Waals surface area contributed by atoms with E-state index in [1.807, 2.05) is 36.9 Å². The van der Waals surface area contributed by atoms with Crippen molar-refractivity contribution in [1.82, 2.24) is 4.90 Å². The first-order valence-corrected chi connectivity index (χ1v) is 10.2. The molecule has 1 unspecified atom stereocenters. The number of benzene rings is 1. The van der Waals surface area contributed by atoms with Crippen LogP contribution < -0.4 is 14.8 Å². The van der Waals surface area contributed by atoms with Crippen molar-refractivity contribution in [3.8, 4) is 11.5 Å². The van der Waals surface area contributed by atoms with E-state index < -0.39 is 5.79 Å². The Labute approximate surface area is 160 Å². The van der Waals surface area contributed by atoms with Gasteiger partial charge in [-0.3, -0.25) is 9.59 Å². The predicted molar refractivity (Wildman–Crippen MR) is 102 cm³/mol. The van der Waals surface area contributed by atoms with E-state index in [1.54, 1.807) is 0 Å². The predicted octanol–water partition coefficient (Wildman–Crippen LogP) is 3.56. The molecule has 2 heterocycles. The molecule has 1 aromatic rings. The number of ether oxygens (including phenoxy) is 2. The summed E-state index contributed by atoms with van der Waals surface area (Å²) in [6.45, 7) is 5.38. The van der Waals surface area contributed by atoms with Crippen LogP contribution in [-0.4, -0.2) is 35.6 Å². The van der Waals surface area contributed by atoms with E-state index in [9.17, 15) is 9.59 Å². The van der Waals surface area contributed by atoms with Crippen molar-refractivity contribution in [2.45, 2.75) is 58.2 Å². The summed E-state index contributed by atoms with van der Waals surface area (Å²) in [4.78, 5) is 26.9. The van der Waals surface area contributed by atoms with Gasteiger partial charge in [0.05, 0.1) is 5.92 Å². The molecule has 2 amide bonds. The van der Waals surface area contributed by atoms with Crippen molar-refractivity contribution in [2.24, 2.45) is 11.8 Å². The number of hydrogen-bond acceptors (Lipinski definition) is 4. The monoisotopic (exact) mass is 372 g/mol. The zero-order chi connectivity index (χ0) is 19.0. The highest BCUT2D eigenvalue weighted by atomic mass is 16.7. The van der Waals surface area contributed by atoms with E-state index in [0.717, 1.165) is 50.8 Å². The number of fused-ring (bicyclic) bond motifs is 1. The quantitative estimate of drug-likeness (QED) is 0.858. The Hall–Kier alpha value is -2.24. The number of nitrogens with one attached hydrogen (secondary N) is 1. The molecule has 1 aromatic carbocycles. The number of piperidine rings is 1. The topological polar surface area (TPSA) is 67.9 Å². The molecule has 6 heteroatoms. The van der Waals surface area contributed by atoms with E-state index in [-0.39, 0.29) is 23.7 Å². The molecule has 1 N–H and O–H groups in total. The van der Waals surface area contributed by atoms with E-state index in [1.165, 1.54) is 0 Å². The van der Waals surface area contributed by atoms with Crippen LogP contribution in [0.4, 0.5) is 5.69 Å². The number of anilines is 1. The lowest BCUT2D eigenvalue weighted by Gasteiger charge is -2.32. The molecule has 0 radical (unpaired) electrons. The zero-order valence-corrected chi connectivity index (χ0v) is 16.1. The first-order chi connectivity index (χ1) is 13.0. The first kappa shape index (κ1) is 18.1. The second-order valence-electron chi connectivity index (χ2n) is 7.87. The van der Waals surface area contributed by atoms with Crippen molar-refractivity contribution in [1.29, 1.82) is 0 Å². The third kappa shape index (κ3) is 3.62. The summed E-state index contributed by atoms with van der Waals surface area (Å²) >= 11 is 0. The van der Waals surface area contributed by atoms with Crippen molar-refractivity contribution < 1.29 is 19.1 Å². The summed E-state index contributed by atoms with van der Waals surface area (Å²) in [5.74, 6) is 1.04. The van der Waals surface area contributed by atoms with Crippen LogP contribution in [0.1, 0.15) is 52.4 Å². The fourth-order valence-electron chi connectivity index (χ4n) is 3.93. The number of amides is 2. The maximum Gasteiger partial charge on any atom is 0.251 e. The SMILES string of the molecule is CCC1(CC)Oc2ccc(NC(=O)C3CCCN(C(=O)C4CC4)C3)cc2O1. The molecule has 2 fully saturated rings. The van der Waals surface area contributed by atoms with Gasteiger partial charge >= 0.3 is 0 Å². The zero-order valence-electron chi connectivity index (χ0n) is 16.1. The summed E-state index contributed by atoms with van der Waals surface area (Å²) in [7, 11) is 0. The number of rotatable bonds is 5. The number of hydrogen-bond donors (Lipinski definition) is 1. The van der Waals surface area contributed by atoms with Gasteiger partial charge in [0, 0.05) is 43.6 Å². The molecular formula is C21H28N2O4. The summed E-state index contributed by atoms with van der Waals surface area (Å²) in [5, 5.41) is 3.00. The molecule has 0 aromatic heterocycles. The third-order valence-electron chi connectivity index (χ3n) is 5.91. The van der Waals surface area contributed by atoms with Crippen molar-refractivity contribution in [2.75, 3.05) is 18.4 Å². The molecule has 4 rings (SSSR count). The van der Waals surface area contributed by atoms with Gasteiger partial charge in [-0.25, -0.2) is 0 Å². The Bertz CT molecular complexity index is 740. The Balaban J connectivity index is 1.39. The van der Waals surface area contributed by atoms with E-state index in [0.29, 0.717) is 18.0 Å². The van der Waals surface area contributed by atoms with Crippen molar-refractivity contribution >= 4 is 17.5 Å². The molecule has 146 valence electrons. The number of nitrogens with zero attached hydrogens (tertiary/aromatic N) is 1. The molecule has 0 spiro atoms. The Morgan fingerprint density at radius 2 is 1.85 bits per heavy atom. The second kappa shape index (κ2) is 7.06. The smallest absolute Gasteiger partial charge is 0.251 e. The van der Waals surface area contributed by atoms with Gasteiger partial charge in [0.2, 0.25) is 11.8 Å². The van der Waals surface area contributed by atoms with Gasteiger partial charge in [-0.2, -0.15) is 0 Å². The first-order valence-electron chi connectivity index (χ1n) is 10.2. The molecule has 0 bridgehead atoms.